The molecule has 0 radical (unpaired) electrons. The Balaban J connectivity index is 1.39. The van der Waals surface area contributed by atoms with Crippen molar-refractivity contribution in [2.75, 3.05) is 13.1 Å². The SMILES string of the molecule is CC(C)N1CCC(n2cc(-c3ccc4c(c3)ncn4C3CCCCC3)c3nc[nH]c(=O)c32)CC1. The highest BCUT2D eigenvalue weighted by Crippen LogP contribution is 2.36. The van der Waals surface area contributed by atoms with Crippen LogP contribution in [0.2, 0.25) is 0 Å². The van der Waals surface area contributed by atoms with E-state index in [1.54, 1.807) is 0 Å². The van der Waals surface area contributed by atoms with Gasteiger partial charge >= 0.3 is 0 Å². The topological polar surface area (TPSA) is 71.7 Å². The van der Waals surface area contributed by atoms with Crippen LogP contribution in [-0.2, 0) is 0 Å². The van der Waals surface area contributed by atoms with Crippen molar-refractivity contribution in [3.8, 4) is 11.1 Å². The van der Waals surface area contributed by atoms with E-state index < -0.39 is 0 Å². The number of rotatable bonds is 4. The summed E-state index contributed by atoms with van der Waals surface area (Å²) in [7, 11) is 0. The fraction of sp³-hybridized carbons (Fsp3) is 0.519. The van der Waals surface area contributed by atoms with Gasteiger partial charge in [-0.15, -0.1) is 0 Å². The molecule has 0 amide bonds. The molecule has 7 nitrogen and oxygen atoms in total. The third-order valence-corrected chi connectivity index (χ3v) is 8.09. The average Bonchev–Trinajstić information content (AvgIpc) is 3.47. The van der Waals surface area contributed by atoms with Gasteiger partial charge in [0.25, 0.3) is 5.56 Å². The highest BCUT2D eigenvalue weighted by atomic mass is 16.1. The summed E-state index contributed by atoms with van der Waals surface area (Å²) < 4.78 is 4.56. The summed E-state index contributed by atoms with van der Waals surface area (Å²) in [4.78, 5) is 27.6. The molecule has 7 heteroatoms. The van der Waals surface area contributed by atoms with Gasteiger partial charge in [0.1, 0.15) is 11.0 Å². The quantitative estimate of drug-likeness (QED) is 0.451. The lowest BCUT2D eigenvalue weighted by molar-refractivity contribution is 0.153. The second-order valence-electron chi connectivity index (χ2n) is 10.4. The maximum Gasteiger partial charge on any atom is 0.275 e. The van der Waals surface area contributed by atoms with Crippen LogP contribution in [0, 0.1) is 0 Å². The molecule has 6 rings (SSSR count). The van der Waals surface area contributed by atoms with Crippen LogP contribution in [0.4, 0.5) is 0 Å². The summed E-state index contributed by atoms with van der Waals surface area (Å²) in [5, 5.41) is 0. The molecule has 4 heterocycles. The van der Waals surface area contributed by atoms with Gasteiger partial charge in [-0.2, -0.15) is 0 Å². The van der Waals surface area contributed by atoms with Gasteiger partial charge in [-0.1, -0.05) is 25.3 Å². The van der Waals surface area contributed by atoms with Gasteiger partial charge in [-0.25, -0.2) is 9.97 Å². The maximum absolute atomic E-state index is 12.9. The Morgan fingerprint density at radius 3 is 2.50 bits per heavy atom. The van der Waals surface area contributed by atoms with Crippen LogP contribution in [-0.4, -0.2) is 48.1 Å². The van der Waals surface area contributed by atoms with Crippen molar-refractivity contribution < 1.29 is 0 Å². The third-order valence-electron chi connectivity index (χ3n) is 8.09. The number of nitrogens with zero attached hydrogens (tertiary/aromatic N) is 5. The molecular formula is C27H34N6O. The number of imidazole rings is 1. The predicted molar refractivity (Wildman–Crippen MR) is 136 cm³/mol. The van der Waals surface area contributed by atoms with Crippen molar-refractivity contribution >= 4 is 22.1 Å². The summed E-state index contributed by atoms with van der Waals surface area (Å²) >= 11 is 0. The zero-order chi connectivity index (χ0) is 23.2. The number of nitrogens with one attached hydrogen (secondary N) is 1. The highest BCUT2D eigenvalue weighted by molar-refractivity contribution is 5.95. The number of aromatic nitrogens is 5. The Bertz CT molecular complexity index is 1370. The smallest absolute Gasteiger partial charge is 0.275 e. The fourth-order valence-electron chi connectivity index (χ4n) is 6.12. The lowest BCUT2D eigenvalue weighted by Crippen LogP contribution is -2.39. The van der Waals surface area contributed by atoms with Gasteiger partial charge in [-0.3, -0.25) is 4.79 Å². The van der Waals surface area contributed by atoms with Gasteiger partial charge in [0.15, 0.2) is 0 Å². The molecule has 1 aliphatic heterocycles. The molecule has 1 N–H and O–H groups in total. The van der Waals surface area contributed by atoms with Crippen LogP contribution >= 0.6 is 0 Å². The van der Waals surface area contributed by atoms with Crippen LogP contribution in [0.5, 0.6) is 0 Å². The number of benzene rings is 1. The molecule has 0 bridgehead atoms. The highest BCUT2D eigenvalue weighted by Gasteiger charge is 2.26. The molecule has 1 saturated heterocycles. The molecule has 178 valence electrons. The first-order valence-corrected chi connectivity index (χ1v) is 12.9. The normalized spacial score (nSPS) is 19.0. The van der Waals surface area contributed by atoms with Gasteiger partial charge in [0, 0.05) is 43.0 Å². The van der Waals surface area contributed by atoms with Crippen molar-refractivity contribution in [1.29, 1.82) is 0 Å². The standard InChI is InChI=1S/C27H34N6O/c1-18(2)31-12-10-21(11-13-31)32-15-22(25-26(32)27(34)29-16-28-25)19-8-9-24-23(14-19)30-17-33(24)20-6-4-3-5-7-20/h8-9,14-18,20-21H,3-7,10-13H2,1-2H3,(H,28,29,34). The second-order valence-corrected chi connectivity index (χ2v) is 10.4. The summed E-state index contributed by atoms with van der Waals surface area (Å²) in [5.41, 5.74) is 5.70. The first-order chi connectivity index (χ1) is 16.6. The monoisotopic (exact) mass is 458 g/mol. The van der Waals surface area contributed by atoms with Gasteiger partial charge in [0.2, 0.25) is 0 Å². The third kappa shape index (κ3) is 3.66. The lowest BCUT2D eigenvalue weighted by atomic mass is 9.95. The summed E-state index contributed by atoms with van der Waals surface area (Å²) in [6, 6.07) is 7.96. The van der Waals surface area contributed by atoms with Crippen molar-refractivity contribution in [2.45, 2.75) is 76.9 Å². The zero-order valence-electron chi connectivity index (χ0n) is 20.2. The molecule has 1 aromatic carbocycles. The molecule has 34 heavy (non-hydrogen) atoms. The maximum atomic E-state index is 12.9. The molecule has 3 aromatic heterocycles. The first kappa shape index (κ1) is 21.6. The van der Waals surface area contributed by atoms with Crippen molar-refractivity contribution in [1.82, 2.24) is 29.0 Å². The molecule has 2 fully saturated rings. The van der Waals surface area contributed by atoms with E-state index in [4.69, 9.17) is 4.98 Å². The lowest BCUT2D eigenvalue weighted by Gasteiger charge is -2.35. The molecule has 1 aliphatic carbocycles. The Labute approximate surface area is 199 Å². The zero-order valence-corrected chi connectivity index (χ0v) is 20.2. The van der Waals surface area contributed by atoms with Crippen LogP contribution in [0.25, 0.3) is 33.2 Å². The Morgan fingerprint density at radius 1 is 0.971 bits per heavy atom. The summed E-state index contributed by atoms with van der Waals surface area (Å²) in [5.74, 6) is 0. The van der Waals surface area contributed by atoms with E-state index in [-0.39, 0.29) is 5.56 Å². The molecule has 2 aliphatic rings. The summed E-state index contributed by atoms with van der Waals surface area (Å²) in [6.07, 6.45) is 14.2. The minimum Gasteiger partial charge on any atom is -0.338 e. The average molecular weight is 459 g/mol. The molecular weight excluding hydrogens is 424 g/mol. The van der Waals surface area contributed by atoms with Crippen LogP contribution in [0.1, 0.15) is 70.9 Å². The second kappa shape index (κ2) is 8.69. The number of fused-ring (bicyclic) bond motifs is 2. The van der Waals surface area contributed by atoms with Crippen LogP contribution in [0.3, 0.4) is 0 Å². The Morgan fingerprint density at radius 2 is 1.74 bits per heavy atom. The van der Waals surface area contributed by atoms with Crippen molar-refractivity contribution in [3.05, 3.63) is 47.4 Å². The van der Waals surface area contributed by atoms with Crippen LogP contribution in [0.15, 0.2) is 41.8 Å². The number of hydrogen-bond acceptors (Lipinski definition) is 4. The number of H-pyrrole nitrogens is 1. The van der Waals surface area contributed by atoms with Gasteiger partial charge < -0.3 is 19.0 Å². The Kier molecular flexibility index (Phi) is 5.52. The molecule has 1 saturated carbocycles. The van der Waals surface area contributed by atoms with E-state index in [0.29, 0.717) is 23.6 Å². The minimum atomic E-state index is -0.0646. The van der Waals surface area contributed by atoms with Crippen molar-refractivity contribution in [3.63, 3.8) is 0 Å². The molecule has 4 aromatic rings. The molecule has 0 unspecified atom stereocenters. The number of hydrogen-bond donors (Lipinski definition) is 1. The van der Waals surface area contributed by atoms with Crippen molar-refractivity contribution in [2.24, 2.45) is 0 Å². The van der Waals surface area contributed by atoms with Gasteiger partial charge in [-0.05, 0) is 57.2 Å². The van der Waals surface area contributed by atoms with E-state index in [1.807, 2.05) is 6.33 Å². The predicted octanol–water partition coefficient (Wildman–Crippen LogP) is 5.29. The van der Waals surface area contributed by atoms with E-state index in [2.05, 4.69) is 62.2 Å². The number of piperidine rings is 1. The molecule has 0 spiro atoms. The van der Waals surface area contributed by atoms with Crippen LogP contribution < -0.4 is 5.56 Å². The minimum absolute atomic E-state index is 0.0646. The molecule has 0 atom stereocenters. The summed E-state index contributed by atoms with van der Waals surface area (Å²) in [6.45, 7) is 6.62. The van der Waals surface area contributed by atoms with E-state index in [0.717, 1.165) is 48.1 Å². The van der Waals surface area contributed by atoms with E-state index in [1.165, 1.54) is 43.9 Å². The largest absolute Gasteiger partial charge is 0.338 e. The van der Waals surface area contributed by atoms with E-state index in [9.17, 15) is 4.79 Å². The number of likely N-dealkylation sites (tertiary alicyclic amines) is 1. The van der Waals surface area contributed by atoms with E-state index >= 15 is 0 Å². The number of aromatic amines is 1. The fourth-order valence-corrected chi connectivity index (χ4v) is 6.12. The first-order valence-electron chi connectivity index (χ1n) is 12.9. The Hall–Kier alpha value is -2.93. The van der Waals surface area contributed by atoms with Gasteiger partial charge in [0.05, 0.1) is 23.7 Å².